The van der Waals surface area contributed by atoms with E-state index in [9.17, 15) is 4.79 Å². The summed E-state index contributed by atoms with van der Waals surface area (Å²) in [7, 11) is 0. The quantitative estimate of drug-likeness (QED) is 0.860. The van der Waals surface area contributed by atoms with Crippen LogP contribution < -0.4 is 5.32 Å². The van der Waals surface area contributed by atoms with Gasteiger partial charge >= 0.3 is 0 Å². The molecule has 0 aliphatic rings. The highest BCUT2D eigenvalue weighted by atomic mass is 35.5. The molecule has 0 unspecified atom stereocenters. The first kappa shape index (κ1) is 13.7. The fourth-order valence-electron chi connectivity index (χ4n) is 1.58. The first-order valence-corrected chi connectivity index (χ1v) is 6.32. The van der Waals surface area contributed by atoms with E-state index in [2.05, 4.69) is 11.9 Å². The molecule has 98 valence electrons. The van der Waals surface area contributed by atoms with Crippen molar-refractivity contribution in [2.24, 2.45) is 0 Å². The Labute approximate surface area is 120 Å². The highest BCUT2D eigenvalue weighted by Crippen LogP contribution is 2.35. The second-order valence-corrected chi connectivity index (χ2v) is 4.57. The first-order valence-electron chi connectivity index (χ1n) is 5.57. The zero-order valence-electron chi connectivity index (χ0n) is 9.95. The Morgan fingerprint density at radius 2 is 1.95 bits per heavy atom. The number of benzene rings is 1. The summed E-state index contributed by atoms with van der Waals surface area (Å²) in [4.78, 5) is 11.7. The van der Waals surface area contributed by atoms with E-state index < -0.39 is 0 Å². The van der Waals surface area contributed by atoms with Gasteiger partial charge in [-0.25, -0.2) is 0 Å². The van der Waals surface area contributed by atoms with E-state index in [-0.39, 0.29) is 11.7 Å². The van der Waals surface area contributed by atoms with Crippen LogP contribution in [0.15, 0.2) is 47.4 Å². The molecule has 0 radical (unpaired) electrons. The number of halogens is 2. The summed E-state index contributed by atoms with van der Waals surface area (Å²) < 4.78 is 5.47. The molecule has 0 saturated carbocycles. The molecular weight excluding hydrogens is 285 g/mol. The number of carbonyl (C=O) groups is 1. The van der Waals surface area contributed by atoms with Crippen molar-refractivity contribution in [2.75, 3.05) is 6.54 Å². The van der Waals surface area contributed by atoms with Gasteiger partial charge in [0.05, 0.1) is 15.6 Å². The van der Waals surface area contributed by atoms with Crippen molar-refractivity contribution < 1.29 is 9.21 Å². The van der Waals surface area contributed by atoms with Crippen molar-refractivity contribution in [2.45, 2.75) is 0 Å². The lowest BCUT2D eigenvalue weighted by Gasteiger charge is -2.03. The van der Waals surface area contributed by atoms with E-state index in [0.717, 1.165) is 0 Å². The molecule has 0 bridgehead atoms. The average Bonchev–Trinajstić information content (AvgIpc) is 2.85. The van der Waals surface area contributed by atoms with Crippen molar-refractivity contribution in [3.63, 3.8) is 0 Å². The molecule has 1 N–H and O–H groups in total. The average molecular weight is 296 g/mol. The number of carbonyl (C=O) groups excluding carboxylic acids is 1. The number of amides is 1. The van der Waals surface area contributed by atoms with Crippen LogP contribution in [-0.4, -0.2) is 12.5 Å². The monoisotopic (exact) mass is 295 g/mol. The minimum atomic E-state index is -0.311. The minimum Gasteiger partial charge on any atom is -0.451 e. The van der Waals surface area contributed by atoms with Gasteiger partial charge in [0.2, 0.25) is 0 Å². The van der Waals surface area contributed by atoms with Gasteiger partial charge in [-0.3, -0.25) is 4.79 Å². The third kappa shape index (κ3) is 3.00. The maximum atomic E-state index is 11.7. The summed E-state index contributed by atoms with van der Waals surface area (Å²) >= 11 is 12.2. The van der Waals surface area contributed by atoms with Gasteiger partial charge in [0.25, 0.3) is 5.91 Å². The van der Waals surface area contributed by atoms with E-state index >= 15 is 0 Å². The summed E-state index contributed by atoms with van der Waals surface area (Å²) in [6, 6.07) is 8.41. The Kier molecular flexibility index (Phi) is 4.30. The van der Waals surface area contributed by atoms with Crippen molar-refractivity contribution in [3.8, 4) is 11.3 Å². The summed E-state index contributed by atoms with van der Waals surface area (Å²) in [6.07, 6.45) is 1.59. The summed E-state index contributed by atoms with van der Waals surface area (Å²) in [5.74, 6) is 0.349. The maximum absolute atomic E-state index is 11.7. The third-order valence-electron chi connectivity index (χ3n) is 2.45. The van der Waals surface area contributed by atoms with Crippen LogP contribution >= 0.6 is 23.2 Å². The number of hydrogen-bond acceptors (Lipinski definition) is 2. The van der Waals surface area contributed by atoms with Gasteiger partial charge in [-0.05, 0) is 24.3 Å². The smallest absolute Gasteiger partial charge is 0.287 e. The molecule has 5 heteroatoms. The van der Waals surface area contributed by atoms with Gasteiger partial charge in [0, 0.05) is 6.54 Å². The Balaban J connectivity index is 2.31. The largest absolute Gasteiger partial charge is 0.451 e. The Morgan fingerprint density at radius 1 is 1.26 bits per heavy atom. The predicted octanol–water partition coefficient (Wildman–Crippen LogP) is 4.17. The van der Waals surface area contributed by atoms with Gasteiger partial charge in [-0.15, -0.1) is 6.58 Å². The summed E-state index contributed by atoms with van der Waals surface area (Å²) in [5.41, 5.74) is 0.577. The van der Waals surface area contributed by atoms with Crippen LogP contribution in [0.2, 0.25) is 10.0 Å². The minimum absolute atomic E-state index is 0.202. The molecule has 3 nitrogen and oxygen atoms in total. The molecule has 1 amide bonds. The summed E-state index contributed by atoms with van der Waals surface area (Å²) in [6.45, 7) is 3.90. The lowest BCUT2D eigenvalue weighted by atomic mass is 10.2. The van der Waals surface area contributed by atoms with Crippen LogP contribution in [-0.2, 0) is 0 Å². The normalized spacial score (nSPS) is 10.2. The topological polar surface area (TPSA) is 42.2 Å². The van der Waals surface area contributed by atoms with Crippen molar-refractivity contribution >= 4 is 29.1 Å². The summed E-state index contributed by atoms with van der Waals surface area (Å²) in [5, 5.41) is 3.57. The van der Waals surface area contributed by atoms with Crippen LogP contribution in [0.25, 0.3) is 11.3 Å². The lowest BCUT2D eigenvalue weighted by molar-refractivity contribution is 0.0931. The molecule has 0 spiro atoms. The zero-order valence-corrected chi connectivity index (χ0v) is 11.5. The molecule has 0 aliphatic heterocycles. The highest BCUT2D eigenvalue weighted by molar-refractivity contribution is 6.39. The molecule has 0 saturated heterocycles. The van der Waals surface area contributed by atoms with E-state index in [1.165, 1.54) is 0 Å². The molecule has 19 heavy (non-hydrogen) atoms. The first-order chi connectivity index (χ1) is 9.13. The molecule has 1 aromatic heterocycles. The molecule has 0 fully saturated rings. The van der Waals surface area contributed by atoms with E-state index in [0.29, 0.717) is 27.9 Å². The number of hydrogen-bond donors (Lipinski definition) is 1. The van der Waals surface area contributed by atoms with Crippen LogP contribution in [0.3, 0.4) is 0 Å². The van der Waals surface area contributed by atoms with E-state index in [1.807, 2.05) is 0 Å². The Hall–Kier alpha value is -1.71. The molecule has 0 aliphatic carbocycles. The van der Waals surface area contributed by atoms with Gasteiger partial charge in [0.15, 0.2) is 5.76 Å². The zero-order chi connectivity index (χ0) is 13.8. The van der Waals surface area contributed by atoms with Gasteiger partial charge in [-0.1, -0.05) is 35.3 Å². The number of rotatable bonds is 4. The van der Waals surface area contributed by atoms with Gasteiger partial charge < -0.3 is 9.73 Å². The molecule has 1 heterocycles. The fraction of sp³-hybridized carbons (Fsp3) is 0.0714. The van der Waals surface area contributed by atoms with Crippen molar-refractivity contribution in [3.05, 3.63) is 58.8 Å². The number of furan rings is 1. The van der Waals surface area contributed by atoms with E-state index in [1.54, 1.807) is 36.4 Å². The lowest BCUT2D eigenvalue weighted by Crippen LogP contribution is -2.22. The Morgan fingerprint density at radius 3 is 2.58 bits per heavy atom. The standard InChI is InChI=1S/C14H11Cl2NO2/c1-2-8-17-14(18)12-7-6-11(19-12)13-9(15)4-3-5-10(13)16/h2-7H,1,8H2,(H,17,18). The number of nitrogens with one attached hydrogen (secondary N) is 1. The van der Waals surface area contributed by atoms with Gasteiger partial charge in [-0.2, -0.15) is 0 Å². The van der Waals surface area contributed by atoms with Gasteiger partial charge in [0.1, 0.15) is 5.76 Å². The van der Waals surface area contributed by atoms with Crippen molar-refractivity contribution in [1.82, 2.24) is 5.32 Å². The Bertz CT molecular complexity index is 599. The third-order valence-corrected chi connectivity index (χ3v) is 3.08. The predicted molar refractivity (Wildman–Crippen MR) is 76.7 cm³/mol. The molecule has 0 atom stereocenters. The fourth-order valence-corrected chi connectivity index (χ4v) is 2.16. The second-order valence-electron chi connectivity index (χ2n) is 3.76. The van der Waals surface area contributed by atoms with Crippen molar-refractivity contribution in [1.29, 1.82) is 0 Å². The highest BCUT2D eigenvalue weighted by Gasteiger charge is 2.15. The van der Waals surface area contributed by atoms with Crippen LogP contribution in [0, 0.1) is 0 Å². The van der Waals surface area contributed by atoms with E-state index in [4.69, 9.17) is 27.6 Å². The van der Waals surface area contributed by atoms with Crippen LogP contribution in [0.4, 0.5) is 0 Å². The molecule has 2 rings (SSSR count). The SMILES string of the molecule is C=CCNC(=O)c1ccc(-c2c(Cl)cccc2Cl)o1. The van der Waals surface area contributed by atoms with Crippen LogP contribution in [0.1, 0.15) is 10.6 Å². The molecule has 1 aromatic carbocycles. The molecule has 2 aromatic rings. The molecular formula is C14H11Cl2NO2. The second kappa shape index (κ2) is 5.95. The van der Waals surface area contributed by atoms with Crippen LogP contribution in [0.5, 0.6) is 0 Å². The maximum Gasteiger partial charge on any atom is 0.287 e.